The Balaban J connectivity index is 4.11. The van der Waals surface area contributed by atoms with Crippen LogP contribution in [0.3, 0.4) is 0 Å². The van der Waals surface area contributed by atoms with Crippen molar-refractivity contribution < 1.29 is 32.3 Å². The molecule has 0 aliphatic heterocycles. The first-order valence-corrected chi connectivity index (χ1v) is 10.4. The molecule has 0 radical (unpaired) electrons. The lowest BCUT2D eigenvalue weighted by Crippen LogP contribution is -2.21. The van der Waals surface area contributed by atoms with Gasteiger partial charge in [-0.2, -0.15) is 0 Å². The van der Waals surface area contributed by atoms with Gasteiger partial charge in [0.15, 0.2) is 0 Å². The van der Waals surface area contributed by atoms with Crippen molar-refractivity contribution in [1.82, 2.24) is 0 Å². The zero-order valence-electron chi connectivity index (χ0n) is 12.9. The molecule has 2 unspecified atom stereocenters. The zero-order chi connectivity index (χ0) is 16.0. The molecular formula is C11H26O7P2. The highest BCUT2D eigenvalue weighted by molar-refractivity contribution is 7.53. The van der Waals surface area contributed by atoms with Gasteiger partial charge in [0.25, 0.3) is 0 Å². The highest BCUT2D eigenvalue weighted by Gasteiger charge is 2.23. The summed E-state index contributed by atoms with van der Waals surface area (Å²) in [6.07, 6.45) is -0.763. The molecule has 0 saturated carbocycles. The molecule has 9 heteroatoms. The molecule has 0 saturated heterocycles. The molecule has 0 aromatic heterocycles. The molecule has 0 bridgehead atoms. The van der Waals surface area contributed by atoms with E-state index in [1.165, 1.54) is 6.66 Å². The predicted octanol–water partition coefficient (Wildman–Crippen LogP) is 2.88. The van der Waals surface area contributed by atoms with E-state index in [0.29, 0.717) is 0 Å². The van der Waals surface area contributed by atoms with E-state index in [0.717, 1.165) is 6.66 Å². The number of rotatable bonds is 10. The third-order valence-corrected chi connectivity index (χ3v) is 3.96. The van der Waals surface area contributed by atoms with E-state index in [9.17, 15) is 9.13 Å². The summed E-state index contributed by atoms with van der Waals surface area (Å²) in [4.78, 5) is 8.99. The zero-order valence-corrected chi connectivity index (χ0v) is 14.7. The molecule has 0 aromatic rings. The van der Waals surface area contributed by atoms with Crippen LogP contribution >= 0.6 is 15.2 Å². The van der Waals surface area contributed by atoms with Crippen molar-refractivity contribution in [2.45, 2.75) is 46.0 Å². The maximum absolute atomic E-state index is 12.1. The van der Waals surface area contributed by atoms with E-state index < -0.39 is 21.3 Å². The first-order chi connectivity index (χ1) is 8.91. The molecule has 0 fully saturated rings. The van der Waals surface area contributed by atoms with Gasteiger partial charge in [-0.05, 0) is 27.7 Å². The Labute approximate surface area is 121 Å². The van der Waals surface area contributed by atoms with Crippen LogP contribution in [0.15, 0.2) is 0 Å². The predicted molar refractivity (Wildman–Crippen MR) is 77.4 cm³/mol. The Morgan fingerprint density at radius 2 is 1.45 bits per heavy atom. The van der Waals surface area contributed by atoms with Gasteiger partial charge >= 0.3 is 15.2 Å². The van der Waals surface area contributed by atoms with Gasteiger partial charge in [-0.15, -0.1) is 0 Å². The molecule has 0 spiro atoms. The number of hydrogen-bond donors (Lipinski definition) is 1. The van der Waals surface area contributed by atoms with Crippen molar-refractivity contribution in [1.29, 1.82) is 0 Å². The molecule has 0 aromatic carbocycles. The maximum Gasteiger partial charge on any atom is 0.328 e. The second-order valence-corrected chi connectivity index (χ2v) is 8.95. The Morgan fingerprint density at radius 3 is 1.90 bits per heavy atom. The molecular weight excluding hydrogens is 306 g/mol. The van der Waals surface area contributed by atoms with Gasteiger partial charge in [-0.3, -0.25) is 9.13 Å². The highest BCUT2D eigenvalue weighted by atomic mass is 31.2. The molecule has 0 aliphatic rings. The summed E-state index contributed by atoms with van der Waals surface area (Å²) >= 11 is 0. The standard InChI is InChI=1S/C11H26O7P2/c1-9(2)17-10(3)7-16-20(6,14)18-11(4)8-15-19(5,12)13/h9-11H,7-8H2,1-6H3,(H,12,13)/t10-,11-,20?/m1/s1. The largest absolute Gasteiger partial charge is 0.373 e. The lowest BCUT2D eigenvalue weighted by molar-refractivity contribution is -0.0114. The first-order valence-electron chi connectivity index (χ1n) is 6.42. The lowest BCUT2D eigenvalue weighted by atomic mass is 10.4. The van der Waals surface area contributed by atoms with Crippen molar-refractivity contribution in [2.24, 2.45) is 0 Å². The van der Waals surface area contributed by atoms with Crippen LogP contribution in [-0.2, 0) is 27.4 Å². The van der Waals surface area contributed by atoms with Crippen LogP contribution < -0.4 is 0 Å². The number of hydrogen-bond acceptors (Lipinski definition) is 6. The van der Waals surface area contributed by atoms with Gasteiger partial charge in [0, 0.05) is 13.3 Å². The summed E-state index contributed by atoms with van der Waals surface area (Å²) in [5.41, 5.74) is 0. The van der Waals surface area contributed by atoms with Gasteiger partial charge in [0.2, 0.25) is 0 Å². The van der Waals surface area contributed by atoms with Crippen molar-refractivity contribution in [3.63, 3.8) is 0 Å². The van der Waals surface area contributed by atoms with Crippen LogP contribution in [-0.4, -0.2) is 49.7 Å². The van der Waals surface area contributed by atoms with Crippen molar-refractivity contribution in [2.75, 3.05) is 26.5 Å². The van der Waals surface area contributed by atoms with Crippen LogP contribution in [0.25, 0.3) is 0 Å². The minimum Gasteiger partial charge on any atom is -0.373 e. The topological polar surface area (TPSA) is 91.3 Å². The third-order valence-electron chi connectivity index (χ3n) is 1.97. The summed E-state index contributed by atoms with van der Waals surface area (Å²) < 4.78 is 43.6. The van der Waals surface area contributed by atoms with Gasteiger partial charge in [0.1, 0.15) is 0 Å². The molecule has 0 amide bonds. The SMILES string of the molecule is CC(C)O[C@H](C)COP(C)(=O)O[C@H](C)COP(C)(=O)O. The maximum atomic E-state index is 12.1. The van der Waals surface area contributed by atoms with E-state index >= 15 is 0 Å². The van der Waals surface area contributed by atoms with Crippen LogP contribution in [0.2, 0.25) is 0 Å². The number of ether oxygens (including phenoxy) is 1. The van der Waals surface area contributed by atoms with Crippen LogP contribution in [0.5, 0.6) is 0 Å². The summed E-state index contributed by atoms with van der Waals surface area (Å²) in [5, 5.41) is 0. The summed E-state index contributed by atoms with van der Waals surface area (Å²) in [5.74, 6) is 0. The minimum absolute atomic E-state index is 0.0568. The summed E-state index contributed by atoms with van der Waals surface area (Å²) in [7, 11) is -6.82. The Morgan fingerprint density at radius 1 is 0.950 bits per heavy atom. The monoisotopic (exact) mass is 332 g/mol. The molecule has 1 N–H and O–H groups in total. The summed E-state index contributed by atoms with van der Waals surface area (Å²) in [6, 6.07) is 0. The van der Waals surface area contributed by atoms with E-state index in [-0.39, 0.29) is 25.4 Å². The van der Waals surface area contributed by atoms with Gasteiger partial charge < -0.3 is 23.2 Å². The molecule has 122 valence electrons. The second-order valence-electron chi connectivity index (χ2n) is 5.08. The fraction of sp³-hybridized carbons (Fsp3) is 1.00. The lowest BCUT2D eigenvalue weighted by Gasteiger charge is -2.22. The van der Waals surface area contributed by atoms with Crippen molar-refractivity contribution >= 4 is 15.2 Å². The average Bonchev–Trinajstić information content (AvgIpc) is 2.21. The average molecular weight is 332 g/mol. The van der Waals surface area contributed by atoms with Gasteiger partial charge in [0.05, 0.1) is 31.5 Å². The van der Waals surface area contributed by atoms with E-state index in [1.807, 2.05) is 20.8 Å². The Bertz CT molecular complexity index is 366. The molecule has 0 heterocycles. The molecule has 0 aliphatic carbocycles. The quantitative estimate of drug-likeness (QED) is 0.615. The van der Waals surface area contributed by atoms with E-state index in [4.69, 9.17) is 23.2 Å². The fourth-order valence-corrected chi connectivity index (χ4v) is 3.12. The highest BCUT2D eigenvalue weighted by Crippen LogP contribution is 2.46. The Hall–Kier alpha value is 0.260. The van der Waals surface area contributed by atoms with Crippen LogP contribution in [0, 0.1) is 0 Å². The van der Waals surface area contributed by atoms with E-state index in [1.54, 1.807) is 6.92 Å². The van der Waals surface area contributed by atoms with Crippen molar-refractivity contribution in [3.8, 4) is 0 Å². The van der Waals surface area contributed by atoms with Gasteiger partial charge in [-0.25, -0.2) is 0 Å². The van der Waals surface area contributed by atoms with Crippen LogP contribution in [0.4, 0.5) is 0 Å². The molecule has 7 nitrogen and oxygen atoms in total. The molecule has 0 rings (SSSR count). The first kappa shape index (κ1) is 20.3. The second kappa shape index (κ2) is 8.64. The third kappa shape index (κ3) is 12.0. The fourth-order valence-electron chi connectivity index (χ4n) is 1.38. The summed E-state index contributed by atoms with van der Waals surface area (Å²) in [6.45, 7) is 9.62. The molecule has 20 heavy (non-hydrogen) atoms. The molecule has 4 atom stereocenters. The van der Waals surface area contributed by atoms with Crippen LogP contribution in [0.1, 0.15) is 27.7 Å². The van der Waals surface area contributed by atoms with E-state index in [2.05, 4.69) is 0 Å². The normalized spacial score (nSPS) is 21.2. The smallest absolute Gasteiger partial charge is 0.328 e. The van der Waals surface area contributed by atoms with Crippen molar-refractivity contribution in [3.05, 3.63) is 0 Å². The van der Waals surface area contributed by atoms with Gasteiger partial charge in [-0.1, -0.05) is 0 Å². The Kier molecular flexibility index (Phi) is 8.75. The minimum atomic E-state index is -3.56.